The summed E-state index contributed by atoms with van der Waals surface area (Å²) in [7, 11) is 0. The summed E-state index contributed by atoms with van der Waals surface area (Å²) in [5.41, 5.74) is 6.66. The molecule has 1 amide bonds. The zero-order chi connectivity index (χ0) is 19.8. The molecular formula is C23H35NO3. The number of amides is 1. The van der Waals surface area contributed by atoms with Crippen molar-refractivity contribution in [2.75, 3.05) is 0 Å². The molecule has 2 aliphatic rings. The molecule has 0 aromatic carbocycles. The molecule has 0 radical (unpaired) electrons. The lowest BCUT2D eigenvalue weighted by Crippen LogP contribution is -2.19. The molecule has 0 saturated heterocycles. The van der Waals surface area contributed by atoms with Crippen LogP contribution in [0.1, 0.15) is 65.2 Å². The first kappa shape index (κ1) is 21.7. The van der Waals surface area contributed by atoms with Crippen LogP contribution in [0.3, 0.4) is 0 Å². The summed E-state index contributed by atoms with van der Waals surface area (Å²) in [5.74, 6) is 6.92. The number of hydrogen-bond acceptors (Lipinski definition) is 3. The maximum absolute atomic E-state index is 10.8. The minimum Gasteiger partial charge on any atom is -0.392 e. The first-order chi connectivity index (χ1) is 12.9. The Morgan fingerprint density at radius 3 is 2.85 bits per heavy atom. The number of aliphatic hydroxyl groups is 2. The smallest absolute Gasteiger partial charge is 0.217 e. The molecule has 0 bridgehead atoms. The average Bonchev–Trinajstić information content (AvgIpc) is 3.13. The highest BCUT2D eigenvalue weighted by Gasteiger charge is 2.44. The lowest BCUT2D eigenvalue weighted by molar-refractivity contribution is -0.118. The summed E-state index contributed by atoms with van der Waals surface area (Å²) in [6.07, 6.45) is 12.4. The third kappa shape index (κ3) is 6.52. The Balaban J connectivity index is 1.85. The van der Waals surface area contributed by atoms with E-state index in [9.17, 15) is 15.0 Å². The summed E-state index contributed by atoms with van der Waals surface area (Å²) in [5, 5.41) is 20.8. The van der Waals surface area contributed by atoms with Gasteiger partial charge >= 0.3 is 0 Å². The molecule has 2 fully saturated rings. The number of unbranched alkanes of at least 4 members (excludes halogenated alkanes) is 2. The number of allylic oxidation sites excluding steroid dienone is 2. The molecule has 0 spiro atoms. The number of primary amides is 1. The fourth-order valence-electron chi connectivity index (χ4n) is 4.51. The van der Waals surface area contributed by atoms with Crippen molar-refractivity contribution in [3.63, 3.8) is 0 Å². The second kappa shape index (κ2) is 10.7. The molecule has 0 aromatic rings. The van der Waals surface area contributed by atoms with Gasteiger partial charge in [0.2, 0.25) is 5.91 Å². The highest BCUT2D eigenvalue weighted by atomic mass is 16.3. The van der Waals surface area contributed by atoms with Gasteiger partial charge in [-0.1, -0.05) is 30.7 Å². The van der Waals surface area contributed by atoms with Gasteiger partial charge in [-0.05, 0) is 63.2 Å². The predicted octanol–water partition coefficient (Wildman–Crippen LogP) is 3.33. The van der Waals surface area contributed by atoms with Gasteiger partial charge in [-0.25, -0.2) is 0 Å². The minimum atomic E-state index is -0.515. The Hall–Kier alpha value is -1.57. The predicted molar refractivity (Wildman–Crippen MR) is 108 cm³/mol. The van der Waals surface area contributed by atoms with E-state index in [1.807, 2.05) is 26.0 Å². The van der Waals surface area contributed by atoms with Crippen LogP contribution in [0.25, 0.3) is 0 Å². The van der Waals surface area contributed by atoms with Crippen molar-refractivity contribution in [1.82, 2.24) is 0 Å². The molecule has 4 N–H and O–H groups in total. The van der Waals surface area contributed by atoms with Crippen molar-refractivity contribution in [3.05, 3.63) is 23.8 Å². The van der Waals surface area contributed by atoms with Gasteiger partial charge in [0.05, 0.1) is 12.2 Å². The molecule has 0 aromatic heterocycles. The summed E-state index contributed by atoms with van der Waals surface area (Å²) in [6, 6.07) is 0. The number of nitrogens with two attached hydrogens (primary N) is 1. The second-order valence-corrected chi connectivity index (χ2v) is 8.27. The van der Waals surface area contributed by atoms with Crippen molar-refractivity contribution in [2.45, 2.75) is 77.4 Å². The molecule has 0 heterocycles. The van der Waals surface area contributed by atoms with Crippen LogP contribution in [0.2, 0.25) is 0 Å². The van der Waals surface area contributed by atoms with Gasteiger partial charge in [-0.3, -0.25) is 4.79 Å². The Labute approximate surface area is 163 Å². The van der Waals surface area contributed by atoms with Gasteiger partial charge in [0.1, 0.15) is 0 Å². The van der Waals surface area contributed by atoms with E-state index < -0.39 is 6.10 Å². The minimum absolute atomic E-state index is 0.0995. The normalized spacial score (nSPS) is 30.9. The number of fused-ring (bicyclic) bond motifs is 1. The van der Waals surface area contributed by atoms with Crippen molar-refractivity contribution in [2.24, 2.45) is 29.4 Å². The van der Waals surface area contributed by atoms with Crippen molar-refractivity contribution >= 4 is 5.91 Å². The zero-order valence-corrected chi connectivity index (χ0v) is 16.7. The van der Waals surface area contributed by atoms with Crippen LogP contribution in [0.5, 0.6) is 0 Å². The van der Waals surface area contributed by atoms with Crippen LogP contribution >= 0.6 is 0 Å². The third-order valence-electron chi connectivity index (χ3n) is 6.14. The molecule has 6 atom stereocenters. The van der Waals surface area contributed by atoms with Crippen molar-refractivity contribution < 1.29 is 15.0 Å². The summed E-state index contributed by atoms with van der Waals surface area (Å²) in [4.78, 5) is 10.8. The fourth-order valence-corrected chi connectivity index (χ4v) is 4.51. The summed E-state index contributed by atoms with van der Waals surface area (Å²) >= 11 is 0. The number of carbonyl (C=O) groups is 1. The van der Waals surface area contributed by atoms with Crippen LogP contribution in [0.15, 0.2) is 23.8 Å². The van der Waals surface area contributed by atoms with Crippen LogP contribution < -0.4 is 5.73 Å². The van der Waals surface area contributed by atoms with E-state index in [0.29, 0.717) is 24.7 Å². The molecule has 4 nitrogen and oxygen atoms in total. The Bertz CT molecular complexity index is 613. The van der Waals surface area contributed by atoms with E-state index in [-0.39, 0.29) is 23.8 Å². The van der Waals surface area contributed by atoms with E-state index in [4.69, 9.17) is 5.73 Å². The fraction of sp³-hybridized carbons (Fsp3) is 0.696. The molecule has 2 aliphatic carbocycles. The highest BCUT2D eigenvalue weighted by Crippen LogP contribution is 2.50. The Morgan fingerprint density at radius 1 is 1.37 bits per heavy atom. The van der Waals surface area contributed by atoms with Gasteiger partial charge in [-0.2, -0.15) is 0 Å². The van der Waals surface area contributed by atoms with Gasteiger partial charge in [-0.15, -0.1) is 11.8 Å². The van der Waals surface area contributed by atoms with Crippen LogP contribution in [0.4, 0.5) is 0 Å². The number of hydrogen-bond donors (Lipinski definition) is 3. The van der Waals surface area contributed by atoms with Crippen LogP contribution in [-0.4, -0.2) is 28.3 Å². The van der Waals surface area contributed by atoms with E-state index >= 15 is 0 Å². The Morgan fingerprint density at radius 2 is 2.15 bits per heavy atom. The molecule has 4 heteroatoms. The van der Waals surface area contributed by atoms with E-state index in [1.54, 1.807) is 0 Å². The average molecular weight is 374 g/mol. The molecule has 0 aliphatic heterocycles. The maximum atomic E-state index is 10.8. The van der Waals surface area contributed by atoms with Gasteiger partial charge in [0.15, 0.2) is 0 Å². The highest BCUT2D eigenvalue weighted by molar-refractivity contribution is 5.73. The molecule has 0 unspecified atom stereocenters. The van der Waals surface area contributed by atoms with Crippen LogP contribution in [0, 0.1) is 35.5 Å². The third-order valence-corrected chi connectivity index (χ3v) is 6.14. The first-order valence-corrected chi connectivity index (χ1v) is 10.3. The van der Waals surface area contributed by atoms with E-state index in [2.05, 4.69) is 17.9 Å². The van der Waals surface area contributed by atoms with Crippen molar-refractivity contribution in [3.8, 4) is 11.8 Å². The van der Waals surface area contributed by atoms with E-state index in [1.165, 1.54) is 5.57 Å². The topological polar surface area (TPSA) is 83.5 Å². The van der Waals surface area contributed by atoms with E-state index in [0.717, 1.165) is 38.5 Å². The van der Waals surface area contributed by atoms with Crippen LogP contribution in [-0.2, 0) is 4.79 Å². The largest absolute Gasteiger partial charge is 0.392 e. The number of rotatable bonds is 9. The van der Waals surface area contributed by atoms with Gasteiger partial charge < -0.3 is 15.9 Å². The quantitative estimate of drug-likeness (QED) is 0.329. The first-order valence-electron chi connectivity index (χ1n) is 10.3. The standard InChI is InChI=1S/C23H35NO3/c1-3-4-8-16(2)21(25)12-11-19-20-14-17(13-18(20)15-22(19)26)9-6-5-7-10-23(24)27/h9,11-12,16,18-22,25-26H,5-8,10,13-15H2,1-2H3,(H2,24,27)/b12-11+,17-9+/t16-,18+,19-,20+,21-,22-/m1/s1. The summed E-state index contributed by atoms with van der Waals surface area (Å²) < 4.78 is 0. The summed E-state index contributed by atoms with van der Waals surface area (Å²) in [6.45, 7) is 3.81. The second-order valence-electron chi connectivity index (χ2n) is 8.27. The lowest BCUT2D eigenvalue weighted by Gasteiger charge is -2.19. The molecule has 150 valence electrons. The molecular weight excluding hydrogens is 338 g/mol. The molecule has 27 heavy (non-hydrogen) atoms. The SMILES string of the molecule is CC#CC[C@@H](C)[C@H](O)/C=C/[C@@H]1[C@H]2C/C(=C/CCCCC(N)=O)C[C@H]2C[C@H]1O. The number of carbonyl (C=O) groups excluding carboxylic acids is 1. The number of aliphatic hydroxyl groups excluding tert-OH is 2. The monoisotopic (exact) mass is 373 g/mol. The maximum Gasteiger partial charge on any atom is 0.217 e. The molecule has 2 saturated carbocycles. The van der Waals surface area contributed by atoms with Crippen molar-refractivity contribution in [1.29, 1.82) is 0 Å². The lowest BCUT2D eigenvalue weighted by atomic mass is 9.89. The Kier molecular flexibility index (Phi) is 8.60. The van der Waals surface area contributed by atoms with Gasteiger partial charge in [0, 0.05) is 18.8 Å². The zero-order valence-electron chi connectivity index (χ0n) is 16.7. The molecule has 2 rings (SSSR count). The van der Waals surface area contributed by atoms with Gasteiger partial charge in [0.25, 0.3) is 0 Å².